The Balaban J connectivity index is 1.30. The number of hydrogen-bond acceptors (Lipinski definition) is 2. The van der Waals surface area contributed by atoms with Crippen molar-refractivity contribution >= 4 is 17.6 Å². The Morgan fingerprint density at radius 1 is 0.963 bits per heavy atom. The highest BCUT2D eigenvalue weighted by Gasteiger charge is 2.48. The van der Waals surface area contributed by atoms with Crippen molar-refractivity contribution < 1.29 is 9.59 Å². The van der Waals surface area contributed by atoms with Crippen molar-refractivity contribution in [2.75, 3.05) is 11.9 Å². The summed E-state index contributed by atoms with van der Waals surface area (Å²) in [6, 6.07) is 7.31. The highest BCUT2D eigenvalue weighted by molar-refractivity contribution is 5.95. The number of nitrogens with one attached hydrogen (secondary N) is 3. The standard InChI is InChI=1S/C22H31N3O2/c1-13(2)12-23-21(26)16-3-5-19(6-4-16)24-22(27)25-20-17-8-14-7-15(10-17)11-18(20)9-14/h3-6,13-15,17-18,20H,7-12H2,1-2H3,(H,23,26)(H2,24,25,27). The number of carbonyl (C=O) groups is 2. The molecule has 3 amide bonds. The number of carbonyl (C=O) groups excluding carboxylic acids is 2. The average molecular weight is 370 g/mol. The van der Waals surface area contributed by atoms with Crippen LogP contribution in [-0.2, 0) is 0 Å². The van der Waals surface area contributed by atoms with Crippen LogP contribution in [0.3, 0.4) is 0 Å². The Kier molecular flexibility index (Phi) is 5.11. The van der Waals surface area contributed by atoms with Crippen LogP contribution < -0.4 is 16.0 Å². The van der Waals surface area contributed by atoms with E-state index in [2.05, 4.69) is 29.8 Å². The molecule has 4 fully saturated rings. The van der Waals surface area contributed by atoms with Crippen molar-refractivity contribution in [1.82, 2.24) is 10.6 Å². The van der Waals surface area contributed by atoms with E-state index in [1.165, 1.54) is 32.1 Å². The van der Waals surface area contributed by atoms with Crippen molar-refractivity contribution in [3.05, 3.63) is 29.8 Å². The molecule has 0 spiro atoms. The van der Waals surface area contributed by atoms with E-state index in [0.29, 0.717) is 35.9 Å². The Labute approximate surface area is 161 Å². The van der Waals surface area contributed by atoms with E-state index in [0.717, 1.165) is 17.5 Å². The van der Waals surface area contributed by atoms with Gasteiger partial charge >= 0.3 is 6.03 Å². The van der Waals surface area contributed by atoms with Gasteiger partial charge in [0.15, 0.2) is 0 Å². The van der Waals surface area contributed by atoms with Gasteiger partial charge in [-0.1, -0.05) is 13.8 Å². The van der Waals surface area contributed by atoms with Gasteiger partial charge in [0.2, 0.25) is 0 Å². The van der Waals surface area contributed by atoms with Gasteiger partial charge in [-0.25, -0.2) is 4.79 Å². The molecule has 0 radical (unpaired) electrons. The molecular formula is C22H31N3O2. The summed E-state index contributed by atoms with van der Waals surface area (Å²) < 4.78 is 0. The predicted octanol–water partition coefficient (Wildman–Crippen LogP) is 4.02. The van der Waals surface area contributed by atoms with Gasteiger partial charge in [0.25, 0.3) is 5.91 Å². The average Bonchev–Trinajstić information content (AvgIpc) is 2.62. The molecule has 5 nitrogen and oxygen atoms in total. The quantitative estimate of drug-likeness (QED) is 0.734. The van der Waals surface area contributed by atoms with E-state index >= 15 is 0 Å². The van der Waals surface area contributed by atoms with E-state index in [9.17, 15) is 9.59 Å². The van der Waals surface area contributed by atoms with Crippen LogP contribution in [0.15, 0.2) is 24.3 Å². The first-order valence-corrected chi connectivity index (χ1v) is 10.4. The third-order valence-electron chi connectivity index (χ3n) is 6.60. The van der Waals surface area contributed by atoms with E-state index in [1.54, 1.807) is 24.3 Å². The molecule has 1 aromatic carbocycles. The van der Waals surface area contributed by atoms with Gasteiger partial charge in [0, 0.05) is 23.8 Å². The summed E-state index contributed by atoms with van der Waals surface area (Å²) in [4.78, 5) is 24.6. The summed E-state index contributed by atoms with van der Waals surface area (Å²) in [5, 5.41) is 9.09. The molecule has 3 N–H and O–H groups in total. The van der Waals surface area contributed by atoms with E-state index in [1.807, 2.05) is 0 Å². The fraction of sp³-hybridized carbons (Fsp3) is 0.636. The Hall–Kier alpha value is -2.04. The second-order valence-electron chi connectivity index (χ2n) is 9.24. The van der Waals surface area contributed by atoms with Crippen molar-refractivity contribution in [1.29, 1.82) is 0 Å². The van der Waals surface area contributed by atoms with Crippen molar-refractivity contribution in [2.45, 2.75) is 52.0 Å². The zero-order valence-electron chi connectivity index (χ0n) is 16.3. The minimum absolute atomic E-state index is 0.0757. The molecule has 0 heterocycles. The minimum Gasteiger partial charge on any atom is -0.352 e. The lowest BCUT2D eigenvalue weighted by molar-refractivity contribution is -0.00883. The van der Waals surface area contributed by atoms with Gasteiger partial charge < -0.3 is 16.0 Å². The number of hydrogen-bond donors (Lipinski definition) is 3. The van der Waals surface area contributed by atoms with Gasteiger partial charge in [-0.2, -0.15) is 0 Å². The highest BCUT2D eigenvalue weighted by Crippen LogP contribution is 2.53. The molecule has 5 heteroatoms. The number of anilines is 1. The van der Waals surface area contributed by atoms with Gasteiger partial charge in [-0.15, -0.1) is 0 Å². The maximum Gasteiger partial charge on any atom is 0.319 e. The molecule has 4 saturated carbocycles. The first kappa shape index (κ1) is 18.3. The third-order valence-corrected chi connectivity index (χ3v) is 6.60. The molecule has 0 atom stereocenters. The normalized spacial score (nSPS) is 31.0. The minimum atomic E-state index is -0.121. The molecule has 5 rings (SSSR count). The van der Waals surface area contributed by atoms with Crippen LogP contribution in [0.2, 0.25) is 0 Å². The number of amides is 3. The van der Waals surface area contributed by atoms with Gasteiger partial charge in [0.05, 0.1) is 0 Å². The van der Waals surface area contributed by atoms with Crippen molar-refractivity contribution in [2.24, 2.45) is 29.6 Å². The lowest BCUT2D eigenvalue weighted by Crippen LogP contribution is -2.56. The number of benzene rings is 1. The maximum atomic E-state index is 12.5. The van der Waals surface area contributed by atoms with Crippen molar-refractivity contribution in [3.63, 3.8) is 0 Å². The highest BCUT2D eigenvalue weighted by atomic mass is 16.2. The zero-order chi connectivity index (χ0) is 19.0. The summed E-state index contributed by atoms with van der Waals surface area (Å²) in [6.45, 7) is 4.79. The molecule has 1 aromatic rings. The molecule has 4 aliphatic carbocycles. The smallest absolute Gasteiger partial charge is 0.319 e. The fourth-order valence-corrected chi connectivity index (χ4v) is 5.58. The second-order valence-corrected chi connectivity index (χ2v) is 9.24. The summed E-state index contributed by atoms with van der Waals surface area (Å²) >= 11 is 0. The lowest BCUT2D eigenvalue weighted by atomic mass is 9.54. The largest absolute Gasteiger partial charge is 0.352 e. The number of rotatable bonds is 5. The second kappa shape index (κ2) is 7.53. The van der Waals surface area contributed by atoms with E-state index in [4.69, 9.17) is 0 Å². The molecular weight excluding hydrogens is 338 g/mol. The van der Waals surface area contributed by atoms with Crippen LogP contribution in [0, 0.1) is 29.6 Å². The third kappa shape index (κ3) is 4.12. The Morgan fingerprint density at radius 2 is 1.56 bits per heavy atom. The van der Waals surface area contributed by atoms with E-state index in [-0.39, 0.29) is 11.9 Å². The summed E-state index contributed by atoms with van der Waals surface area (Å²) in [5.41, 5.74) is 1.33. The maximum absolute atomic E-state index is 12.5. The summed E-state index contributed by atoms with van der Waals surface area (Å²) in [5.74, 6) is 3.49. The predicted molar refractivity (Wildman–Crippen MR) is 107 cm³/mol. The van der Waals surface area contributed by atoms with Crippen LogP contribution in [-0.4, -0.2) is 24.5 Å². The fourth-order valence-electron chi connectivity index (χ4n) is 5.58. The molecule has 0 aliphatic heterocycles. The van der Waals surface area contributed by atoms with Crippen LogP contribution in [0.5, 0.6) is 0 Å². The topological polar surface area (TPSA) is 70.2 Å². The summed E-state index contributed by atoms with van der Waals surface area (Å²) in [6.07, 6.45) is 6.58. The molecule has 146 valence electrons. The number of urea groups is 1. The SMILES string of the molecule is CC(C)CNC(=O)c1ccc(NC(=O)NC2C3CC4CC(C3)CC2C4)cc1. The molecule has 27 heavy (non-hydrogen) atoms. The van der Waals surface area contributed by atoms with Crippen molar-refractivity contribution in [3.8, 4) is 0 Å². The first-order chi connectivity index (χ1) is 13.0. The van der Waals surface area contributed by atoms with E-state index < -0.39 is 0 Å². The van der Waals surface area contributed by atoms with Gasteiger partial charge in [-0.3, -0.25) is 4.79 Å². The molecule has 0 unspecified atom stereocenters. The molecule has 4 aliphatic rings. The Bertz CT molecular complexity index is 670. The van der Waals surface area contributed by atoms with Gasteiger partial charge in [0.1, 0.15) is 0 Å². The Morgan fingerprint density at radius 3 is 2.11 bits per heavy atom. The summed E-state index contributed by atoms with van der Waals surface area (Å²) in [7, 11) is 0. The van der Waals surface area contributed by atoms with Crippen LogP contribution >= 0.6 is 0 Å². The zero-order valence-corrected chi connectivity index (χ0v) is 16.3. The molecule has 0 saturated heterocycles. The monoisotopic (exact) mass is 369 g/mol. The lowest BCUT2D eigenvalue weighted by Gasteiger charge is -2.54. The first-order valence-electron chi connectivity index (χ1n) is 10.4. The van der Waals surface area contributed by atoms with Gasteiger partial charge in [-0.05, 0) is 86.0 Å². The molecule has 4 bridgehead atoms. The molecule has 0 aromatic heterocycles. The van der Waals surface area contributed by atoms with Crippen LogP contribution in [0.4, 0.5) is 10.5 Å². The van der Waals surface area contributed by atoms with Crippen LogP contribution in [0.1, 0.15) is 56.3 Å². The van der Waals surface area contributed by atoms with Crippen LogP contribution in [0.25, 0.3) is 0 Å².